The monoisotopic (exact) mass is 491 g/mol. The first-order valence-electron chi connectivity index (χ1n) is 11.9. The van der Waals surface area contributed by atoms with Crippen LogP contribution in [0, 0.1) is 0 Å². The largest absolute Gasteiger partial charge is 0.493 e. The van der Waals surface area contributed by atoms with Gasteiger partial charge in [-0.2, -0.15) is 15.0 Å². The Kier molecular flexibility index (Phi) is 11.5. The molecular weight excluding hydrogens is 454 g/mol. The normalized spacial score (nSPS) is 15.1. The number of nitrogens with two attached hydrogens (primary N) is 1. The number of nitrogens with zero attached hydrogens (tertiary/aromatic N) is 3. The standard InChI is InChI=1S/C23H37N7O5/c1-31-19-7-3-5-17(20(19)32-2)15-26-22-28-21(25-9-12-34-14-13-33-11-8-24)29-23(30-22)27-16-18-6-4-10-35-18/h3,5,7,18H,4,6,8-16,24H2,1-2H3,(H3,25,26,27,28,29,30). The van der Waals surface area contributed by atoms with E-state index in [0.717, 1.165) is 25.0 Å². The van der Waals surface area contributed by atoms with E-state index < -0.39 is 0 Å². The molecule has 12 nitrogen and oxygen atoms in total. The second-order valence-electron chi connectivity index (χ2n) is 7.77. The molecule has 1 aliphatic heterocycles. The van der Waals surface area contributed by atoms with Crippen molar-refractivity contribution in [2.45, 2.75) is 25.5 Å². The van der Waals surface area contributed by atoms with Crippen LogP contribution >= 0.6 is 0 Å². The van der Waals surface area contributed by atoms with Gasteiger partial charge < -0.3 is 45.4 Å². The summed E-state index contributed by atoms with van der Waals surface area (Å²) in [7, 11) is 3.23. The minimum atomic E-state index is 0.163. The lowest BCUT2D eigenvalue weighted by Gasteiger charge is -2.15. The van der Waals surface area contributed by atoms with Crippen molar-refractivity contribution in [3.63, 3.8) is 0 Å². The van der Waals surface area contributed by atoms with E-state index in [2.05, 4.69) is 30.9 Å². The zero-order valence-corrected chi connectivity index (χ0v) is 20.5. The van der Waals surface area contributed by atoms with Crippen molar-refractivity contribution >= 4 is 17.8 Å². The highest BCUT2D eigenvalue weighted by atomic mass is 16.5. The molecular formula is C23H37N7O5. The average molecular weight is 492 g/mol. The van der Waals surface area contributed by atoms with E-state index in [4.69, 9.17) is 29.4 Å². The lowest BCUT2D eigenvalue weighted by Crippen LogP contribution is -2.21. The Hall–Kier alpha value is -2.93. The fourth-order valence-corrected chi connectivity index (χ4v) is 3.53. The molecule has 0 saturated carbocycles. The van der Waals surface area contributed by atoms with Gasteiger partial charge in [0, 0.05) is 38.3 Å². The van der Waals surface area contributed by atoms with E-state index in [-0.39, 0.29) is 6.10 Å². The summed E-state index contributed by atoms with van der Waals surface area (Å²) in [5.41, 5.74) is 6.31. The lowest BCUT2D eigenvalue weighted by molar-refractivity contribution is 0.0547. The summed E-state index contributed by atoms with van der Waals surface area (Å²) in [4.78, 5) is 13.5. The van der Waals surface area contributed by atoms with E-state index in [1.807, 2.05) is 18.2 Å². The first-order chi connectivity index (χ1) is 17.2. The third-order valence-corrected chi connectivity index (χ3v) is 5.23. The second kappa shape index (κ2) is 15.1. The van der Waals surface area contributed by atoms with Gasteiger partial charge in [-0.15, -0.1) is 0 Å². The summed E-state index contributed by atoms with van der Waals surface area (Å²) >= 11 is 0. The van der Waals surface area contributed by atoms with E-state index in [1.54, 1.807) is 14.2 Å². The third-order valence-electron chi connectivity index (χ3n) is 5.23. The third kappa shape index (κ3) is 8.98. The number of hydrogen-bond acceptors (Lipinski definition) is 12. The van der Waals surface area contributed by atoms with Crippen molar-refractivity contribution in [2.75, 3.05) is 82.8 Å². The quantitative estimate of drug-likeness (QED) is 0.238. The highest BCUT2D eigenvalue weighted by molar-refractivity contribution is 5.49. The molecule has 5 N–H and O–H groups in total. The van der Waals surface area contributed by atoms with Gasteiger partial charge in [0.1, 0.15) is 0 Å². The van der Waals surface area contributed by atoms with Gasteiger partial charge in [0.25, 0.3) is 0 Å². The maximum absolute atomic E-state index is 5.69. The van der Waals surface area contributed by atoms with Crippen LogP contribution in [0.2, 0.25) is 0 Å². The zero-order valence-electron chi connectivity index (χ0n) is 20.5. The Bertz CT molecular complexity index is 883. The number of aromatic nitrogens is 3. The van der Waals surface area contributed by atoms with Gasteiger partial charge in [-0.1, -0.05) is 12.1 Å². The van der Waals surface area contributed by atoms with E-state index in [9.17, 15) is 0 Å². The Balaban J connectivity index is 1.60. The lowest BCUT2D eigenvalue weighted by atomic mass is 10.2. The Morgan fingerprint density at radius 2 is 1.69 bits per heavy atom. The van der Waals surface area contributed by atoms with Crippen molar-refractivity contribution in [2.24, 2.45) is 5.73 Å². The van der Waals surface area contributed by atoms with Gasteiger partial charge >= 0.3 is 0 Å². The van der Waals surface area contributed by atoms with Crippen molar-refractivity contribution < 1.29 is 23.7 Å². The Morgan fingerprint density at radius 3 is 2.37 bits per heavy atom. The molecule has 2 heterocycles. The van der Waals surface area contributed by atoms with Crippen molar-refractivity contribution in [3.8, 4) is 11.5 Å². The van der Waals surface area contributed by atoms with Gasteiger partial charge in [0.05, 0.1) is 46.8 Å². The van der Waals surface area contributed by atoms with Crippen LogP contribution in [0.25, 0.3) is 0 Å². The van der Waals surface area contributed by atoms with Crippen LogP contribution in [0.5, 0.6) is 11.5 Å². The maximum Gasteiger partial charge on any atom is 0.229 e. The molecule has 12 heteroatoms. The molecule has 1 aliphatic rings. The van der Waals surface area contributed by atoms with E-state index in [1.165, 1.54) is 0 Å². The molecule has 1 aromatic carbocycles. The molecule has 1 saturated heterocycles. The number of hydrogen-bond donors (Lipinski definition) is 4. The van der Waals surface area contributed by atoms with Crippen LogP contribution in [0.4, 0.5) is 17.8 Å². The Labute approximate surface area is 206 Å². The predicted octanol–water partition coefficient (Wildman–Crippen LogP) is 1.50. The van der Waals surface area contributed by atoms with Gasteiger partial charge in [0.15, 0.2) is 11.5 Å². The smallest absolute Gasteiger partial charge is 0.229 e. The van der Waals surface area contributed by atoms with Gasteiger partial charge in [-0.25, -0.2) is 0 Å². The van der Waals surface area contributed by atoms with Crippen LogP contribution in [0.1, 0.15) is 18.4 Å². The average Bonchev–Trinajstić information content (AvgIpc) is 3.41. The van der Waals surface area contributed by atoms with Crippen LogP contribution in [0.15, 0.2) is 18.2 Å². The molecule has 1 atom stereocenters. The summed E-state index contributed by atoms with van der Waals surface area (Å²) in [6, 6.07) is 5.72. The fraction of sp³-hybridized carbons (Fsp3) is 0.609. The van der Waals surface area contributed by atoms with Crippen LogP contribution in [-0.4, -0.2) is 87.9 Å². The maximum atomic E-state index is 5.69. The number of anilines is 3. The zero-order chi connectivity index (χ0) is 24.7. The number of benzene rings is 1. The number of para-hydroxylation sites is 1. The number of ether oxygens (including phenoxy) is 5. The molecule has 3 rings (SSSR count). The van der Waals surface area contributed by atoms with Gasteiger partial charge in [-0.05, 0) is 18.9 Å². The van der Waals surface area contributed by atoms with Crippen LogP contribution in [-0.2, 0) is 20.8 Å². The molecule has 0 aliphatic carbocycles. The second-order valence-corrected chi connectivity index (χ2v) is 7.77. The first-order valence-corrected chi connectivity index (χ1v) is 11.9. The molecule has 1 unspecified atom stereocenters. The highest BCUT2D eigenvalue weighted by Gasteiger charge is 2.16. The molecule has 0 radical (unpaired) electrons. The van der Waals surface area contributed by atoms with Gasteiger partial charge in [0.2, 0.25) is 17.8 Å². The number of nitrogens with one attached hydrogen (secondary N) is 3. The molecule has 0 bridgehead atoms. The molecule has 2 aromatic rings. The predicted molar refractivity (Wildman–Crippen MR) is 133 cm³/mol. The molecule has 35 heavy (non-hydrogen) atoms. The summed E-state index contributed by atoms with van der Waals surface area (Å²) in [6.07, 6.45) is 2.26. The van der Waals surface area contributed by atoms with E-state index in [0.29, 0.717) is 82.0 Å². The summed E-state index contributed by atoms with van der Waals surface area (Å²) in [5.74, 6) is 2.67. The van der Waals surface area contributed by atoms with Crippen molar-refractivity contribution in [1.29, 1.82) is 0 Å². The summed E-state index contributed by atoms with van der Waals surface area (Å²) < 4.78 is 27.5. The number of methoxy groups -OCH3 is 2. The summed E-state index contributed by atoms with van der Waals surface area (Å²) in [5, 5.41) is 9.72. The molecule has 0 spiro atoms. The van der Waals surface area contributed by atoms with Crippen LogP contribution < -0.4 is 31.2 Å². The molecule has 1 aromatic heterocycles. The number of rotatable bonds is 17. The fourth-order valence-electron chi connectivity index (χ4n) is 3.53. The van der Waals surface area contributed by atoms with Crippen molar-refractivity contribution in [3.05, 3.63) is 23.8 Å². The highest BCUT2D eigenvalue weighted by Crippen LogP contribution is 2.31. The SMILES string of the molecule is COc1cccc(CNc2nc(NCCOCCOCCN)nc(NCC3CCCO3)n2)c1OC. The first kappa shape index (κ1) is 26.7. The van der Waals surface area contributed by atoms with Gasteiger partial charge in [-0.3, -0.25) is 0 Å². The Morgan fingerprint density at radius 1 is 0.943 bits per heavy atom. The molecule has 1 fully saturated rings. The minimum Gasteiger partial charge on any atom is -0.493 e. The molecule has 0 amide bonds. The topological polar surface area (TPSA) is 147 Å². The van der Waals surface area contributed by atoms with E-state index >= 15 is 0 Å². The van der Waals surface area contributed by atoms with Crippen molar-refractivity contribution in [1.82, 2.24) is 15.0 Å². The summed E-state index contributed by atoms with van der Waals surface area (Å²) in [6.45, 7) is 4.96. The molecule has 194 valence electrons. The van der Waals surface area contributed by atoms with Crippen LogP contribution in [0.3, 0.4) is 0 Å². The minimum absolute atomic E-state index is 0.163.